The van der Waals surface area contributed by atoms with Gasteiger partial charge in [-0.3, -0.25) is 9.69 Å². The Morgan fingerprint density at radius 2 is 2.06 bits per heavy atom. The number of nitrogens with zero attached hydrogens (tertiary/aromatic N) is 3. The Bertz CT molecular complexity index is 975. The number of carbonyl (C=O) groups excluding carboxylic acids is 2. The molecule has 168 valence electrons. The van der Waals surface area contributed by atoms with Crippen LogP contribution in [0.15, 0.2) is 17.3 Å². The summed E-state index contributed by atoms with van der Waals surface area (Å²) in [5.41, 5.74) is 0.326. The summed E-state index contributed by atoms with van der Waals surface area (Å²) in [5.74, 6) is -0.831. The fourth-order valence-corrected chi connectivity index (χ4v) is 5.13. The number of hydrogen-bond donors (Lipinski definition) is 1. The van der Waals surface area contributed by atoms with Gasteiger partial charge in [0.25, 0.3) is 0 Å². The van der Waals surface area contributed by atoms with E-state index in [4.69, 9.17) is 4.74 Å². The predicted molar refractivity (Wildman–Crippen MR) is 113 cm³/mol. The fraction of sp³-hybridized carbons (Fsp3) is 0.571. The average Bonchev–Trinajstić information content (AvgIpc) is 3.29. The van der Waals surface area contributed by atoms with Gasteiger partial charge in [-0.1, -0.05) is 25.6 Å². The summed E-state index contributed by atoms with van der Waals surface area (Å²) in [6.45, 7) is 5.85. The molecular weight excluding hydrogens is 426 g/mol. The number of aromatic nitrogens is 2. The summed E-state index contributed by atoms with van der Waals surface area (Å²) in [6, 6.07) is 2.16. The van der Waals surface area contributed by atoms with E-state index in [1.807, 2.05) is 4.90 Å². The van der Waals surface area contributed by atoms with Crippen LogP contribution in [0.3, 0.4) is 0 Å². The number of piperidine rings is 1. The number of halogens is 2. The third-order valence-electron chi connectivity index (χ3n) is 5.77. The second-order valence-corrected chi connectivity index (χ2v) is 9.46. The third-order valence-corrected chi connectivity index (χ3v) is 6.63. The number of aromatic amines is 1. The number of cyclic esters (lactones) is 1. The highest BCUT2D eigenvalue weighted by molar-refractivity contribution is 7.99. The SMILES string of the molecule is CC(C)CC1COC(=O)N1C1CCN(C(=O)CSc2nc3c(F)cc(F)cc3[nH]2)CC1. The first kappa shape index (κ1) is 21.9. The Hall–Kier alpha value is -2.36. The van der Waals surface area contributed by atoms with Gasteiger partial charge in [-0.05, 0) is 31.2 Å². The Morgan fingerprint density at radius 1 is 1.32 bits per heavy atom. The van der Waals surface area contributed by atoms with E-state index >= 15 is 0 Å². The molecule has 3 heterocycles. The van der Waals surface area contributed by atoms with E-state index in [0.717, 1.165) is 37.1 Å². The molecule has 2 saturated heterocycles. The maximum absolute atomic E-state index is 13.8. The minimum Gasteiger partial charge on any atom is -0.447 e. The van der Waals surface area contributed by atoms with E-state index in [1.54, 1.807) is 4.90 Å². The second-order valence-electron chi connectivity index (χ2n) is 8.49. The molecule has 2 fully saturated rings. The number of H-pyrrole nitrogens is 1. The first-order chi connectivity index (χ1) is 14.8. The van der Waals surface area contributed by atoms with Crippen LogP contribution in [-0.4, -0.2) is 69.3 Å². The van der Waals surface area contributed by atoms with Crippen LogP contribution in [0.1, 0.15) is 33.1 Å². The van der Waals surface area contributed by atoms with Crippen molar-refractivity contribution in [2.45, 2.75) is 50.4 Å². The molecule has 31 heavy (non-hydrogen) atoms. The van der Waals surface area contributed by atoms with Gasteiger partial charge in [0.15, 0.2) is 11.0 Å². The predicted octanol–water partition coefficient (Wildman–Crippen LogP) is 3.79. The first-order valence-electron chi connectivity index (χ1n) is 10.5. The molecule has 2 aliphatic rings. The molecule has 2 aliphatic heterocycles. The number of nitrogens with one attached hydrogen (secondary N) is 1. The summed E-state index contributed by atoms with van der Waals surface area (Å²) in [6.07, 6.45) is 2.09. The Morgan fingerprint density at radius 3 is 2.77 bits per heavy atom. The lowest BCUT2D eigenvalue weighted by Gasteiger charge is -2.38. The summed E-state index contributed by atoms with van der Waals surface area (Å²) in [7, 11) is 0. The van der Waals surface area contributed by atoms with Gasteiger partial charge in [0.05, 0.1) is 17.3 Å². The van der Waals surface area contributed by atoms with Crippen LogP contribution in [0.25, 0.3) is 11.0 Å². The lowest BCUT2D eigenvalue weighted by atomic mass is 9.98. The van der Waals surface area contributed by atoms with Crippen molar-refractivity contribution in [3.05, 3.63) is 23.8 Å². The number of ether oxygens (including phenoxy) is 1. The molecule has 2 amide bonds. The zero-order valence-electron chi connectivity index (χ0n) is 17.6. The quantitative estimate of drug-likeness (QED) is 0.675. The lowest BCUT2D eigenvalue weighted by Crippen LogP contribution is -2.50. The van der Waals surface area contributed by atoms with Gasteiger partial charge in [-0.2, -0.15) is 0 Å². The maximum Gasteiger partial charge on any atom is 0.410 e. The van der Waals surface area contributed by atoms with Crippen LogP contribution in [-0.2, 0) is 9.53 Å². The summed E-state index contributed by atoms with van der Waals surface area (Å²) >= 11 is 1.16. The Labute approximate surface area is 183 Å². The van der Waals surface area contributed by atoms with Crippen LogP contribution in [0.5, 0.6) is 0 Å². The molecule has 1 unspecified atom stereocenters. The van der Waals surface area contributed by atoms with E-state index in [9.17, 15) is 18.4 Å². The van der Waals surface area contributed by atoms with Crippen LogP contribution in [0.2, 0.25) is 0 Å². The van der Waals surface area contributed by atoms with Gasteiger partial charge in [0.1, 0.15) is 17.9 Å². The van der Waals surface area contributed by atoms with Crippen LogP contribution >= 0.6 is 11.8 Å². The van der Waals surface area contributed by atoms with Crippen molar-refractivity contribution in [1.29, 1.82) is 0 Å². The van der Waals surface area contributed by atoms with Crippen LogP contribution in [0, 0.1) is 17.6 Å². The van der Waals surface area contributed by atoms with Gasteiger partial charge in [0, 0.05) is 25.2 Å². The van der Waals surface area contributed by atoms with Crippen molar-refractivity contribution in [2.75, 3.05) is 25.4 Å². The number of hydrogen-bond acceptors (Lipinski definition) is 5. The van der Waals surface area contributed by atoms with Crippen molar-refractivity contribution in [3.63, 3.8) is 0 Å². The fourth-order valence-electron chi connectivity index (χ4n) is 4.35. The van der Waals surface area contributed by atoms with Crippen molar-refractivity contribution >= 4 is 34.8 Å². The molecule has 0 spiro atoms. The highest BCUT2D eigenvalue weighted by Crippen LogP contribution is 2.28. The van der Waals surface area contributed by atoms with E-state index in [2.05, 4.69) is 23.8 Å². The molecular formula is C21H26F2N4O3S. The number of imidazole rings is 1. The third kappa shape index (κ3) is 4.78. The zero-order valence-corrected chi connectivity index (χ0v) is 18.4. The highest BCUT2D eigenvalue weighted by Gasteiger charge is 2.39. The molecule has 0 bridgehead atoms. The molecule has 0 saturated carbocycles. The standard InChI is InChI=1S/C21H26F2N4O3S/c1-12(2)7-15-10-30-21(29)27(15)14-3-5-26(6-4-14)18(28)11-31-20-24-17-9-13(22)8-16(23)19(17)25-20/h8-9,12,14-15H,3-7,10-11H2,1-2H3,(H,24,25). The maximum atomic E-state index is 13.8. The number of thioether (sulfide) groups is 1. The molecule has 4 rings (SSSR count). The van der Waals surface area contributed by atoms with Gasteiger partial charge >= 0.3 is 6.09 Å². The minimum absolute atomic E-state index is 0.0433. The molecule has 1 aromatic heterocycles. The first-order valence-corrected chi connectivity index (χ1v) is 11.5. The molecule has 1 aromatic carbocycles. The Kier molecular flexibility index (Phi) is 6.36. The zero-order chi connectivity index (χ0) is 22.1. The number of amides is 2. The average molecular weight is 453 g/mol. The second kappa shape index (κ2) is 9.02. The molecule has 2 aromatic rings. The number of benzene rings is 1. The molecule has 0 radical (unpaired) electrons. The number of likely N-dealkylation sites (tertiary alicyclic amines) is 1. The van der Waals surface area contributed by atoms with Gasteiger partial charge in [-0.15, -0.1) is 0 Å². The minimum atomic E-state index is -0.734. The van der Waals surface area contributed by atoms with E-state index in [1.165, 1.54) is 6.07 Å². The van der Waals surface area contributed by atoms with Crippen molar-refractivity contribution in [3.8, 4) is 0 Å². The lowest BCUT2D eigenvalue weighted by molar-refractivity contribution is -0.129. The van der Waals surface area contributed by atoms with Gasteiger partial charge in [0.2, 0.25) is 5.91 Å². The molecule has 10 heteroatoms. The largest absolute Gasteiger partial charge is 0.447 e. The summed E-state index contributed by atoms with van der Waals surface area (Å²) < 4.78 is 32.4. The summed E-state index contributed by atoms with van der Waals surface area (Å²) in [4.78, 5) is 35.5. The highest BCUT2D eigenvalue weighted by atomic mass is 32.2. The van der Waals surface area contributed by atoms with E-state index in [-0.39, 0.29) is 40.9 Å². The molecule has 0 aliphatic carbocycles. The van der Waals surface area contributed by atoms with Crippen molar-refractivity contribution in [2.24, 2.45) is 5.92 Å². The van der Waals surface area contributed by atoms with Crippen LogP contribution < -0.4 is 0 Å². The number of fused-ring (bicyclic) bond motifs is 1. The van der Waals surface area contributed by atoms with Crippen LogP contribution in [0.4, 0.5) is 13.6 Å². The number of carbonyl (C=O) groups is 2. The van der Waals surface area contributed by atoms with Crippen molar-refractivity contribution < 1.29 is 23.1 Å². The normalized spacial score (nSPS) is 20.2. The topological polar surface area (TPSA) is 78.5 Å². The molecule has 1 atom stereocenters. The number of rotatable bonds is 6. The smallest absolute Gasteiger partial charge is 0.410 e. The monoisotopic (exact) mass is 452 g/mol. The van der Waals surface area contributed by atoms with E-state index in [0.29, 0.717) is 30.8 Å². The van der Waals surface area contributed by atoms with Gasteiger partial charge in [-0.25, -0.2) is 18.6 Å². The molecule has 1 N–H and O–H groups in total. The van der Waals surface area contributed by atoms with Crippen molar-refractivity contribution in [1.82, 2.24) is 19.8 Å². The van der Waals surface area contributed by atoms with Gasteiger partial charge < -0.3 is 14.6 Å². The van der Waals surface area contributed by atoms with E-state index < -0.39 is 11.6 Å². The summed E-state index contributed by atoms with van der Waals surface area (Å²) in [5, 5.41) is 0.374. The molecule has 7 nitrogen and oxygen atoms in total. The Balaban J connectivity index is 1.30.